The quantitative estimate of drug-likeness (QED) is 0.890. The largest absolute Gasteiger partial charge is 0.465 e. The van der Waals surface area contributed by atoms with Crippen molar-refractivity contribution in [3.8, 4) is 0 Å². The van der Waals surface area contributed by atoms with Crippen molar-refractivity contribution >= 4 is 22.4 Å². The summed E-state index contributed by atoms with van der Waals surface area (Å²) in [5.41, 5.74) is 3.13. The molecule has 1 heterocycles. The van der Waals surface area contributed by atoms with Gasteiger partial charge in [-0.05, 0) is 19.4 Å². The van der Waals surface area contributed by atoms with Crippen molar-refractivity contribution in [1.82, 2.24) is 4.98 Å². The number of benzene rings is 1. The molecule has 0 saturated carbocycles. The van der Waals surface area contributed by atoms with Crippen LogP contribution in [0.25, 0.3) is 0 Å². The molecule has 0 atom stereocenters. The van der Waals surface area contributed by atoms with Crippen LogP contribution in [0.5, 0.6) is 0 Å². The second kappa shape index (κ2) is 5.18. The molecule has 0 bridgehead atoms. The Morgan fingerprint density at radius 1 is 1.33 bits per heavy atom. The normalized spacial score (nSPS) is 10.3. The van der Waals surface area contributed by atoms with Gasteiger partial charge in [-0.25, -0.2) is 9.78 Å². The van der Waals surface area contributed by atoms with Crippen molar-refractivity contribution in [2.24, 2.45) is 0 Å². The minimum absolute atomic E-state index is 0.601. The number of hydrogen-bond donors (Lipinski definition) is 2. The predicted molar refractivity (Wildman–Crippen MR) is 72.5 cm³/mol. The monoisotopic (exact) mass is 262 g/mol. The second-order valence-corrected chi connectivity index (χ2v) is 5.20. The summed E-state index contributed by atoms with van der Waals surface area (Å²) in [5.74, 6) is 0. The highest BCUT2D eigenvalue weighted by Gasteiger charge is 2.10. The van der Waals surface area contributed by atoms with Crippen molar-refractivity contribution in [2.75, 3.05) is 5.32 Å². The summed E-state index contributed by atoms with van der Waals surface area (Å²) in [6, 6.07) is 8.26. The summed E-state index contributed by atoms with van der Waals surface area (Å²) in [6.07, 6.45) is -0.323. The lowest BCUT2D eigenvalue weighted by atomic mass is 10.1. The predicted octanol–water partition coefficient (Wildman–Crippen LogP) is 3.44. The van der Waals surface area contributed by atoms with Crippen LogP contribution in [0.2, 0.25) is 0 Å². The van der Waals surface area contributed by atoms with Crippen LogP contribution in [0.15, 0.2) is 24.3 Å². The molecule has 5 heteroatoms. The zero-order chi connectivity index (χ0) is 13.1. The van der Waals surface area contributed by atoms with Crippen LogP contribution >= 0.6 is 11.3 Å². The Kier molecular flexibility index (Phi) is 3.62. The minimum atomic E-state index is -1.05. The molecule has 0 aliphatic carbocycles. The highest BCUT2D eigenvalue weighted by molar-refractivity contribution is 7.16. The average molecular weight is 262 g/mol. The Hall–Kier alpha value is -1.88. The van der Waals surface area contributed by atoms with E-state index in [1.165, 1.54) is 22.5 Å². The molecule has 0 aliphatic rings. The molecule has 0 radical (unpaired) electrons. The van der Waals surface area contributed by atoms with Gasteiger partial charge in [0.2, 0.25) is 0 Å². The number of hydrogen-bond acceptors (Lipinski definition) is 3. The van der Waals surface area contributed by atoms with Crippen LogP contribution in [0.4, 0.5) is 9.80 Å². The van der Waals surface area contributed by atoms with Gasteiger partial charge in [0.05, 0.1) is 10.7 Å². The van der Waals surface area contributed by atoms with E-state index in [1.54, 1.807) is 6.92 Å². The molecule has 0 saturated heterocycles. The molecule has 2 aromatic rings. The molecule has 0 spiro atoms. The van der Waals surface area contributed by atoms with Gasteiger partial charge >= 0.3 is 6.09 Å². The molecule has 1 aromatic heterocycles. The van der Waals surface area contributed by atoms with Gasteiger partial charge in [-0.1, -0.05) is 29.8 Å². The van der Waals surface area contributed by atoms with Crippen molar-refractivity contribution in [3.05, 3.63) is 46.1 Å². The van der Waals surface area contributed by atoms with Crippen LogP contribution in [-0.4, -0.2) is 16.2 Å². The summed E-state index contributed by atoms with van der Waals surface area (Å²) in [7, 11) is 0. The zero-order valence-electron chi connectivity index (χ0n) is 10.2. The highest BCUT2D eigenvalue weighted by atomic mass is 32.1. The highest BCUT2D eigenvalue weighted by Crippen LogP contribution is 2.25. The Morgan fingerprint density at radius 2 is 2.00 bits per heavy atom. The molecule has 0 fully saturated rings. The van der Waals surface area contributed by atoms with Crippen LogP contribution in [0, 0.1) is 13.8 Å². The molecule has 2 N–H and O–H groups in total. The first-order valence-electron chi connectivity index (χ1n) is 5.56. The summed E-state index contributed by atoms with van der Waals surface area (Å²) < 4.78 is 0. The van der Waals surface area contributed by atoms with E-state index in [4.69, 9.17) is 5.11 Å². The molecule has 94 valence electrons. The number of carbonyl (C=O) groups is 1. The maximum atomic E-state index is 10.6. The number of thiazole rings is 1. The lowest BCUT2D eigenvalue weighted by Gasteiger charge is -1.98. The van der Waals surface area contributed by atoms with Crippen LogP contribution in [0.1, 0.15) is 21.8 Å². The first kappa shape index (κ1) is 12.6. The number of aromatic nitrogens is 1. The molecule has 1 aromatic carbocycles. The maximum absolute atomic E-state index is 10.6. The Balaban J connectivity index is 2.14. The fourth-order valence-electron chi connectivity index (χ4n) is 1.62. The van der Waals surface area contributed by atoms with E-state index in [9.17, 15) is 4.79 Å². The fourth-order valence-corrected chi connectivity index (χ4v) is 2.61. The Labute approximate surface area is 109 Å². The summed E-state index contributed by atoms with van der Waals surface area (Å²) in [5, 5.41) is 12.6. The topological polar surface area (TPSA) is 62.2 Å². The van der Waals surface area contributed by atoms with E-state index < -0.39 is 6.09 Å². The molecular weight excluding hydrogens is 248 g/mol. The summed E-state index contributed by atoms with van der Waals surface area (Å²) in [6.45, 7) is 3.85. The van der Waals surface area contributed by atoms with Crippen molar-refractivity contribution in [3.63, 3.8) is 0 Å². The minimum Gasteiger partial charge on any atom is -0.465 e. The first-order valence-corrected chi connectivity index (χ1v) is 6.38. The Morgan fingerprint density at radius 3 is 2.61 bits per heavy atom. The van der Waals surface area contributed by atoms with Crippen LogP contribution in [0.3, 0.4) is 0 Å². The zero-order valence-corrected chi connectivity index (χ0v) is 11.0. The third-order valence-corrected chi connectivity index (χ3v) is 3.61. The molecular formula is C13H14N2O2S. The second-order valence-electron chi connectivity index (χ2n) is 4.11. The van der Waals surface area contributed by atoms with E-state index >= 15 is 0 Å². The number of amides is 1. The number of anilines is 1. The van der Waals surface area contributed by atoms with Crippen molar-refractivity contribution in [1.29, 1.82) is 0 Å². The van der Waals surface area contributed by atoms with Gasteiger partial charge in [0.15, 0.2) is 0 Å². The SMILES string of the molecule is Cc1ccc(Cc2nc(C)c(NC(=O)O)s2)cc1. The number of nitrogens with zero attached hydrogens (tertiary/aromatic N) is 1. The summed E-state index contributed by atoms with van der Waals surface area (Å²) in [4.78, 5) is 15.0. The number of rotatable bonds is 3. The van der Waals surface area contributed by atoms with Gasteiger partial charge in [0, 0.05) is 6.42 Å². The van der Waals surface area contributed by atoms with Crippen LogP contribution in [-0.2, 0) is 6.42 Å². The molecule has 0 aliphatic heterocycles. The molecule has 1 amide bonds. The van der Waals surface area contributed by atoms with Gasteiger partial charge < -0.3 is 5.11 Å². The average Bonchev–Trinajstić information content (AvgIpc) is 2.62. The standard InChI is InChI=1S/C13H14N2O2S/c1-8-3-5-10(6-4-8)7-11-14-9(2)12(18-11)15-13(16)17/h3-6,15H,7H2,1-2H3,(H,16,17). The molecule has 0 unspecified atom stereocenters. The van der Waals surface area contributed by atoms with Gasteiger partial charge in [-0.3, -0.25) is 5.32 Å². The number of carboxylic acid groups (broad SMARTS) is 1. The van der Waals surface area contributed by atoms with Gasteiger partial charge in [-0.2, -0.15) is 0 Å². The Bertz CT molecular complexity index is 561. The van der Waals surface area contributed by atoms with E-state index in [2.05, 4.69) is 34.6 Å². The van der Waals surface area contributed by atoms with Crippen molar-refractivity contribution in [2.45, 2.75) is 20.3 Å². The number of aryl methyl sites for hydroxylation is 2. The van der Waals surface area contributed by atoms with Crippen molar-refractivity contribution < 1.29 is 9.90 Å². The molecule has 2 rings (SSSR count). The number of nitrogens with one attached hydrogen (secondary N) is 1. The maximum Gasteiger partial charge on any atom is 0.409 e. The van der Waals surface area contributed by atoms with E-state index in [0.29, 0.717) is 5.00 Å². The van der Waals surface area contributed by atoms with Gasteiger partial charge in [0.25, 0.3) is 0 Å². The third-order valence-electron chi connectivity index (χ3n) is 2.54. The third kappa shape index (κ3) is 3.07. The lowest BCUT2D eigenvalue weighted by Crippen LogP contribution is -2.06. The van der Waals surface area contributed by atoms with E-state index in [-0.39, 0.29) is 0 Å². The fraction of sp³-hybridized carbons (Fsp3) is 0.231. The lowest BCUT2D eigenvalue weighted by molar-refractivity contribution is 0.210. The molecule has 18 heavy (non-hydrogen) atoms. The van der Waals surface area contributed by atoms with E-state index in [0.717, 1.165) is 17.1 Å². The van der Waals surface area contributed by atoms with Gasteiger partial charge in [-0.15, -0.1) is 11.3 Å². The molecule has 4 nitrogen and oxygen atoms in total. The summed E-state index contributed by atoms with van der Waals surface area (Å²) >= 11 is 1.38. The van der Waals surface area contributed by atoms with E-state index in [1.807, 2.05) is 6.92 Å². The smallest absolute Gasteiger partial charge is 0.409 e. The van der Waals surface area contributed by atoms with Crippen LogP contribution < -0.4 is 5.32 Å². The first-order chi connectivity index (χ1) is 8.54. The van der Waals surface area contributed by atoms with Gasteiger partial charge in [0.1, 0.15) is 5.00 Å².